The van der Waals surface area contributed by atoms with Crippen LogP contribution in [0.15, 0.2) is 0 Å². The molecule has 0 saturated carbocycles. The van der Waals surface area contributed by atoms with Crippen LogP contribution in [0, 0.1) is 5.92 Å². The monoisotopic (exact) mass is 114 g/mol. The molecular weight excluding hydrogens is 102 g/mol. The zero-order chi connectivity index (χ0) is 6.73. The van der Waals surface area contributed by atoms with Gasteiger partial charge in [-0.2, -0.15) is 0 Å². The van der Waals surface area contributed by atoms with E-state index >= 15 is 0 Å². The smallest absolute Gasteiger partial charge is 0.155 e. The Balaban J connectivity index is 3.65. The van der Waals surface area contributed by atoms with Crippen molar-refractivity contribution in [3.63, 3.8) is 0 Å². The lowest BCUT2D eigenvalue weighted by Crippen LogP contribution is -2.29. The molecule has 2 heteroatoms. The van der Waals surface area contributed by atoms with Gasteiger partial charge in [0.1, 0.15) is 0 Å². The van der Waals surface area contributed by atoms with Crippen LogP contribution in [0.5, 0.6) is 0 Å². The van der Waals surface area contributed by atoms with Crippen molar-refractivity contribution in [2.24, 2.45) is 5.73 Å². The molecule has 0 aliphatic carbocycles. The van der Waals surface area contributed by atoms with E-state index in [-0.39, 0.29) is 11.8 Å². The van der Waals surface area contributed by atoms with E-state index in [9.17, 15) is 4.79 Å². The molecule has 0 aromatic rings. The number of Topliss-reactive ketones (excluding diaryl/α,β-unsaturated/α-hetero) is 1. The van der Waals surface area contributed by atoms with Crippen LogP contribution >= 0.6 is 0 Å². The average molecular weight is 114 g/mol. The molecule has 0 aromatic heterocycles. The van der Waals surface area contributed by atoms with Crippen LogP contribution in [0.4, 0.5) is 0 Å². The highest BCUT2D eigenvalue weighted by molar-refractivity contribution is 5.94. The molecule has 0 bridgehead atoms. The Morgan fingerprint density at radius 1 is 1.50 bits per heavy atom. The Kier molecular flexibility index (Phi) is 2.69. The number of nitrogens with two attached hydrogens (primary N) is 1. The Morgan fingerprint density at radius 2 is 1.88 bits per heavy atom. The minimum atomic E-state index is -0.333. The molecule has 0 heterocycles. The molecule has 0 amide bonds. The topological polar surface area (TPSA) is 43.1 Å². The second kappa shape index (κ2) is 2.82. The van der Waals surface area contributed by atoms with Crippen molar-refractivity contribution in [3.05, 3.63) is 5.92 Å². The third kappa shape index (κ3) is 2.07. The molecule has 2 nitrogen and oxygen atoms in total. The van der Waals surface area contributed by atoms with Gasteiger partial charge in [0, 0.05) is 5.92 Å². The van der Waals surface area contributed by atoms with Crippen LogP contribution in [-0.4, -0.2) is 11.8 Å². The quantitative estimate of drug-likeness (QED) is 0.568. The Morgan fingerprint density at radius 3 is 1.88 bits per heavy atom. The molecule has 0 saturated heterocycles. The van der Waals surface area contributed by atoms with Gasteiger partial charge in [0.25, 0.3) is 0 Å². The van der Waals surface area contributed by atoms with Crippen molar-refractivity contribution in [1.82, 2.24) is 0 Å². The Hall–Kier alpha value is -0.370. The lowest BCUT2D eigenvalue weighted by Gasteiger charge is -2.04. The molecule has 0 aromatic carbocycles. The summed E-state index contributed by atoms with van der Waals surface area (Å²) in [7, 11) is 0. The van der Waals surface area contributed by atoms with Gasteiger partial charge in [-0.1, -0.05) is 13.8 Å². The number of hydrogen-bond acceptors (Lipinski definition) is 2. The molecule has 0 fully saturated rings. The van der Waals surface area contributed by atoms with E-state index < -0.39 is 0 Å². The molecule has 0 rings (SSSR count). The zero-order valence-corrected chi connectivity index (χ0v) is 5.56. The van der Waals surface area contributed by atoms with E-state index in [1.807, 2.05) is 0 Å². The van der Waals surface area contributed by atoms with Crippen molar-refractivity contribution in [2.75, 3.05) is 0 Å². The maximum atomic E-state index is 10.7. The number of carbonyl (C=O) groups excluding carboxylic acids is 1. The molecule has 8 heavy (non-hydrogen) atoms. The van der Waals surface area contributed by atoms with Gasteiger partial charge >= 0.3 is 0 Å². The van der Waals surface area contributed by atoms with Crippen LogP contribution in [0.25, 0.3) is 0 Å². The predicted octanol–water partition coefficient (Wildman–Crippen LogP) is 0.517. The Labute approximate surface area is 50.1 Å². The van der Waals surface area contributed by atoms with E-state index in [0.29, 0.717) is 0 Å². The minimum absolute atomic E-state index is 0.0463. The summed E-state index contributed by atoms with van der Waals surface area (Å²) in [5, 5.41) is 0. The highest BCUT2D eigenvalue weighted by Crippen LogP contribution is 1.98. The van der Waals surface area contributed by atoms with Crippen LogP contribution in [0.1, 0.15) is 20.8 Å². The summed E-state index contributed by atoms with van der Waals surface area (Å²) < 4.78 is 0. The molecule has 1 radical (unpaired) electrons. The van der Waals surface area contributed by atoms with Gasteiger partial charge in [0.05, 0.1) is 6.04 Å². The molecule has 2 N–H and O–H groups in total. The van der Waals surface area contributed by atoms with E-state index in [1.165, 1.54) is 0 Å². The lowest BCUT2D eigenvalue weighted by molar-refractivity contribution is -0.118. The summed E-state index contributed by atoms with van der Waals surface area (Å²) in [5.74, 6) is 0.824. The largest absolute Gasteiger partial charge is 0.322 e. The molecule has 0 aliphatic rings. The lowest BCUT2D eigenvalue weighted by atomic mass is 10.0. The maximum absolute atomic E-state index is 10.7. The first-order valence-electron chi connectivity index (χ1n) is 2.65. The standard InChI is InChI=1S/C6H12NO/c1-4(2)6(8)5(3)7/h5H,7H2,1-3H3/t5-/m0/s1. The van der Waals surface area contributed by atoms with Gasteiger partial charge < -0.3 is 5.73 Å². The second-order valence-electron chi connectivity index (χ2n) is 2.15. The molecule has 47 valence electrons. The fourth-order valence-corrected chi connectivity index (χ4v) is 0.455. The molecule has 1 atom stereocenters. The highest BCUT2D eigenvalue weighted by Gasteiger charge is 2.11. The van der Waals surface area contributed by atoms with Crippen LogP contribution in [0.2, 0.25) is 0 Å². The van der Waals surface area contributed by atoms with Gasteiger partial charge in [-0.25, -0.2) is 0 Å². The van der Waals surface area contributed by atoms with E-state index in [1.54, 1.807) is 20.8 Å². The van der Waals surface area contributed by atoms with E-state index in [2.05, 4.69) is 0 Å². The molecule has 0 unspecified atom stereocenters. The summed E-state index contributed by atoms with van der Waals surface area (Å²) in [6.07, 6.45) is 0. The van der Waals surface area contributed by atoms with Gasteiger partial charge in [-0.3, -0.25) is 4.79 Å². The first-order valence-corrected chi connectivity index (χ1v) is 2.65. The van der Waals surface area contributed by atoms with Crippen LogP contribution < -0.4 is 5.73 Å². The summed E-state index contributed by atoms with van der Waals surface area (Å²) in [6.45, 7) is 5.23. The maximum Gasteiger partial charge on any atom is 0.155 e. The summed E-state index contributed by atoms with van der Waals surface area (Å²) in [6, 6.07) is -0.333. The number of ketones is 1. The normalized spacial score (nSPS) is 14.1. The number of carbonyl (C=O) groups is 1. The van der Waals surface area contributed by atoms with Gasteiger partial charge in [0.2, 0.25) is 0 Å². The zero-order valence-electron chi connectivity index (χ0n) is 5.56. The highest BCUT2D eigenvalue weighted by atomic mass is 16.1. The predicted molar refractivity (Wildman–Crippen MR) is 33.2 cm³/mol. The molecule has 0 aliphatic heterocycles. The average Bonchev–Trinajstić information content (AvgIpc) is 1.64. The first kappa shape index (κ1) is 7.63. The van der Waals surface area contributed by atoms with Crippen molar-refractivity contribution in [3.8, 4) is 0 Å². The van der Waals surface area contributed by atoms with Crippen LogP contribution in [0.3, 0.4) is 0 Å². The van der Waals surface area contributed by atoms with Crippen molar-refractivity contribution in [1.29, 1.82) is 0 Å². The van der Waals surface area contributed by atoms with Gasteiger partial charge in [-0.15, -0.1) is 0 Å². The third-order valence-corrected chi connectivity index (χ3v) is 0.906. The SMILES string of the molecule is C[C](C)C(=O)[C@H](C)N. The summed E-state index contributed by atoms with van der Waals surface area (Å²) >= 11 is 0. The Bertz CT molecular complexity index is 76.5. The van der Waals surface area contributed by atoms with Gasteiger partial charge in [-0.05, 0) is 6.92 Å². The fraction of sp³-hybridized carbons (Fsp3) is 0.667. The van der Waals surface area contributed by atoms with Crippen molar-refractivity contribution >= 4 is 5.78 Å². The molecular formula is C6H12NO. The number of rotatable bonds is 2. The summed E-state index contributed by atoms with van der Waals surface area (Å²) in [4.78, 5) is 10.7. The van der Waals surface area contributed by atoms with Crippen LogP contribution in [-0.2, 0) is 4.79 Å². The fourth-order valence-electron chi connectivity index (χ4n) is 0.455. The third-order valence-electron chi connectivity index (χ3n) is 0.906. The van der Waals surface area contributed by atoms with Crippen molar-refractivity contribution in [2.45, 2.75) is 26.8 Å². The number of hydrogen-bond donors (Lipinski definition) is 1. The second-order valence-corrected chi connectivity index (χ2v) is 2.15. The van der Waals surface area contributed by atoms with Gasteiger partial charge in [0.15, 0.2) is 5.78 Å². The van der Waals surface area contributed by atoms with E-state index in [4.69, 9.17) is 5.73 Å². The summed E-state index contributed by atoms with van der Waals surface area (Å²) in [5.41, 5.74) is 5.27. The van der Waals surface area contributed by atoms with E-state index in [0.717, 1.165) is 5.92 Å². The van der Waals surface area contributed by atoms with Crippen molar-refractivity contribution < 1.29 is 4.79 Å². The first-order chi connectivity index (χ1) is 3.55. The minimum Gasteiger partial charge on any atom is -0.322 e. The molecule has 0 spiro atoms.